The number of hydrogen-bond acceptors (Lipinski definition) is 5. The molecular weight excluding hydrogens is 276 g/mol. The molecule has 0 aliphatic carbocycles. The number of nitrogens with zero attached hydrogens (tertiary/aromatic N) is 2. The lowest BCUT2D eigenvalue weighted by atomic mass is 10.1. The summed E-state index contributed by atoms with van der Waals surface area (Å²) >= 11 is 0. The number of carboxylic acids is 1. The summed E-state index contributed by atoms with van der Waals surface area (Å²) in [7, 11) is 0. The Bertz CT molecular complexity index is 613. The number of benzene rings is 1. The third-order valence-corrected chi connectivity index (χ3v) is 3.40. The molecule has 1 aromatic carbocycles. The molecule has 1 unspecified atom stereocenters. The molecular formula is C14H14N2O5. The van der Waals surface area contributed by atoms with E-state index in [1.54, 1.807) is 17.0 Å². The maximum Gasteiger partial charge on any atom is 0.353 e. The van der Waals surface area contributed by atoms with Crippen molar-refractivity contribution in [2.24, 2.45) is 5.16 Å². The minimum absolute atomic E-state index is 0.0201. The second kappa shape index (κ2) is 5.43. The minimum Gasteiger partial charge on any atom is -0.491 e. The molecule has 2 heterocycles. The van der Waals surface area contributed by atoms with Gasteiger partial charge < -0.3 is 19.6 Å². The first-order valence-electron chi connectivity index (χ1n) is 6.66. The predicted molar refractivity (Wildman–Crippen MR) is 73.5 cm³/mol. The van der Waals surface area contributed by atoms with Gasteiger partial charge in [-0.15, -0.1) is 0 Å². The lowest BCUT2D eigenvalue weighted by Gasteiger charge is -2.23. The maximum absolute atomic E-state index is 12.6. The normalized spacial score (nSPS) is 20.7. The number of carboxylic acid groups (broad SMARTS) is 1. The van der Waals surface area contributed by atoms with Gasteiger partial charge in [-0.05, 0) is 18.6 Å². The molecule has 1 N–H and O–H groups in total. The molecule has 7 nitrogen and oxygen atoms in total. The Hall–Kier alpha value is -2.57. The zero-order chi connectivity index (χ0) is 14.8. The molecule has 0 saturated carbocycles. The van der Waals surface area contributed by atoms with E-state index in [9.17, 15) is 9.59 Å². The molecule has 3 rings (SSSR count). The first kappa shape index (κ1) is 13.4. The van der Waals surface area contributed by atoms with Gasteiger partial charge in [-0.25, -0.2) is 4.79 Å². The highest BCUT2D eigenvalue weighted by atomic mass is 16.6. The third kappa shape index (κ3) is 2.54. The molecule has 0 aromatic heterocycles. The number of anilines is 1. The Morgan fingerprint density at radius 1 is 1.33 bits per heavy atom. The maximum atomic E-state index is 12.6. The van der Waals surface area contributed by atoms with Crippen LogP contribution in [0.3, 0.4) is 0 Å². The van der Waals surface area contributed by atoms with Crippen LogP contribution in [0.1, 0.15) is 12.8 Å². The topological polar surface area (TPSA) is 88.4 Å². The summed E-state index contributed by atoms with van der Waals surface area (Å²) in [6.07, 6.45) is -0.213. The highest BCUT2D eigenvalue weighted by molar-refractivity contribution is 6.36. The van der Waals surface area contributed by atoms with Crippen molar-refractivity contribution in [3.05, 3.63) is 24.3 Å². The summed E-state index contributed by atoms with van der Waals surface area (Å²) in [5.74, 6) is -0.821. The summed E-state index contributed by atoms with van der Waals surface area (Å²) in [6, 6.07) is 7.26. The van der Waals surface area contributed by atoms with Gasteiger partial charge in [-0.1, -0.05) is 17.3 Å². The van der Waals surface area contributed by atoms with E-state index in [0.29, 0.717) is 31.0 Å². The van der Waals surface area contributed by atoms with Gasteiger partial charge in [0.15, 0.2) is 5.71 Å². The largest absolute Gasteiger partial charge is 0.491 e. The monoisotopic (exact) mass is 290 g/mol. The van der Waals surface area contributed by atoms with Crippen LogP contribution in [0.4, 0.5) is 5.69 Å². The van der Waals surface area contributed by atoms with Crippen LogP contribution in [0.2, 0.25) is 0 Å². The van der Waals surface area contributed by atoms with Gasteiger partial charge in [0.05, 0.1) is 12.3 Å². The van der Waals surface area contributed by atoms with Gasteiger partial charge in [0.2, 0.25) is 6.10 Å². The van der Waals surface area contributed by atoms with Gasteiger partial charge in [0.25, 0.3) is 5.91 Å². The fraction of sp³-hybridized carbons (Fsp3) is 0.357. The number of oxime groups is 1. The Kier molecular flexibility index (Phi) is 3.47. The number of rotatable bonds is 2. The number of fused-ring (bicyclic) bond motifs is 1. The van der Waals surface area contributed by atoms with Crippen LogP contribution in [0, 0.1) is 0 Å². The van der Waals surface area contributed by atoms with Crippen molar-refractivity contribution in [3.63, 3.8) is 0 Å². The molecule has 1 atom stereocenters. The smallest absolute Gasteiger partial charge is 0.353 e. The molecule has 21 heavy (non-hydrogen) atoms. The van der Waals surface area contributed by atoms with Gasteiger partial charge >= 0.3 is 5.97 Å². The van der Waals surface area contributed by atoms with E-state index in [1.807, 2.05) is 12.1 Å². The molecule has 110 valence electrons. The highest BCUT2D eigenvalue weighted by Gasteiger charge is 2.36. The van der Waals surface area contributed by atoms with Crippen LogP contribution in [0.5, 0.6) is 5.75 Å². The molecule has 0 bridgehead atoms. The van der Waals surface area contributed by atoms with Crippen molar-refractivity contribution in [1.29, 1.82) is 0 Å². The molecule has 2 aliphatic rings. The highest BCUT2D eigenvalue weighted by Crippen LogP contribution is 2.31. The van der Waals surface area contributed by atoms with Crippen molar-refractivity contribution in [3.8, 4) is 5.75 Å². The Morgan fingerprint density at radius 2 is 2.14 bits per heavy atom. The van der Waals surface area contributed by atoms with E-state index >= 15 is 0 Å². The Labute approximate surface area is 120 Å². The molecule has 1 amide bonds. The Balaban J connectivity index is 1.81. The number of carbonyl (C=O) groups is 2. The molecule has 0 spiro atoms. The van der Waals surface area contributed by atoms with Gasteiger partial charge in [0, 0.05) is 13.0 Å². The SMILES string of the molecule is O=C(O)C1=NOC(C(=O)N2CCCOc3ccccc32)C1. The van der Waals surface area contributed by atoms with Crippen molar-refractivity contribution < 1.29 is 24.3 Å². The third-order valence-electron chi connectivity index (χ3n) is 3.40. The van der Waals surface area contributed by atoms with Crippen LogP contribution < -0.4 is 9.64 Å². The van der Waals surface area contributed by atoms with E-state index in [4.69, 9.17) is 14.7 Å². The van der Waals surface area contributed by atoms with E-state index in [-0.39, 0.29) is 18.0 Å². The summed E-state index contributed by atoms with van der Waals surface area (Å²) in [5, 5.41) is 12.3. The van der Waals surface area contributed by atoms with Crippen LogP contribution >= 0.6 is 0 Å². The summed E-state index contributed by atoms with van der Waals surface area (Å²) in [6.45, 7) is 1.03. The van der Waals surface area contributed by atoms with Crippen molar-refractivity contribution in [1.82, 2.24) is 0 Å². The fourth-order valence-electron chi connectivity index (χ4n) is 2.37. The molecule has 0 fully saturated rings. The van der Waals surface area contributed by atoms with E-state index in [2.05, 4.69) is 5.16 Å². The summed E-state index contributed by atoms with van der Waals surface area (Å²) in [4.78, 5) is 30.0. The standard InChI is InChI=1S/C14H14N2O5/c17-13(12-8-9(14(18)19)15-21-12)16-6-3-7-20-11-5-2-1-4-10(11)16/h1-2,4-5,12H,3,6-8H2,(H,18,19). The van der Waals surface area contributed by atoms with E-state index in [1.165, 1.54) is 0 Å². The summed E-state index contributed by atoms with van der Waals surface area (Å²) in [5.41, 5.74) is 0.542. The lowest BCUT2D eigenvalue weighted by molar-refractivity contribution is -0.129. The van der Waals surface area contributed by atoms with Gasteiger partial charge in [0.1, 0.15) is 5.75 Å². The zero-order valence-electron chi connectivity index (χ0n) is 11.2. The van der Waals surface area contributed by atoms with Crippen molar-refractivity contribution in [2.75, 3.05) is 18.1 Å². The number of hydrogen-bond donors (Lipinski definition) is 1. The number of amides is 1. The minimum atomic E-state index is -1.16. The fourth-order valence-corrected chi connectivity index (χ4v) is 2.37. The van der Waals surface area contributed by atoms with E-state index in [0.717, 1.165) is 0 Å². The molecule has 1 aromatic rings. The number of ether oxygens (including phenoxy) is 1. The Morgan fingerprint density at radius 3 is 2.90 bits per heavy atom. The zero-order valence-corrected chi connectivity index (χ0v) is 11.2. The second-order valence-electron chi connectivity index (χ2n) is 4.80. The van der Waals surface area contributed by atoms with Crippen LogP contribution in [0.25, 0.3) is 0 Å². The molecule has 0 radical (unpaired) electrons. The van der Waals surface area contributed by atoms with Crippen LogP contribution in [0.15, 0.2) is 29.4 Å². The lowest BCUT2D eigenvalue weighted by Crippen LogP contribution is -2.40. The molecule has 0 saturated heterocycles. The summed E-state index contributed by atoms with van der Waals surface area (Å²) < 4.78 is 5.59. The first-order valence-corrected chi connectivity index (χ1v) is 6.66. The van der Waals surface area contributed by atoms with Crippen molar-refractivity contribution >= 4 is 23.3 Å². The van der Waals surface area contributed by atoms with E-state index < -0.39 is 12.1 Å². The average Bonchev–Trinajstić information content (AvgIpc) is 2.88. The average molecular weight is 290 g/mol. The van der Waals surface area contributed by atoms with Crippen LogP contribution in [-0.4, -0.2) is 42.0 Å². The number of aliphatic carboxylic acids is 1. The van der Waals surface area contributed by atoms with Crippen LogP contribution in [-0.2, 0) is 14.4 Å². The second-order valence-corrected chi connectivity index (χ2v) is 4.80. The quantitative estimate of drug-likeness (QED) is 0.879. The molecule has 7 heteroatoms. The number of carbonyl (C=O) groups excluding carboxylic acids is 1. The first-order chi connectivity index (χ1) is 10.2. The van der Waals surface area contributed by atoms with Gasteiger partial charge in [-0.2, -0.15) is 0 Å². The number of para-hydroxylation sites is 2. The predicted octanol–water partition coefficient (Wildman–Crippen LogP) is 1.03. The molecule has 2 aliphatic heterocycles. The van der Waals surface area contributed by atoms with Gasteiger partial charge in [-0.3, -0.25) is 4.79 Å². The van der Waals surface area contributed by atoms with Crippen molar-refractivity contribution in [2.45, 2.75) is 18.9 Å².